The van der Waals surface area contributed by atoms with E-state index < -0.39 is 10.7 Å². The quantitative estimate of drug-likeness (QED) is 0.676. The maximum absolute atomic E-state index is 13.3. The molecule has 0 aliphatic rings. The molecule has 0 aromatic heterocycles. The molecule has 0 saturated heterocycles. The van der Waals surface area contributed by atoms with Crippen molar-refractivity contribution in [2.45, 2.75) is 19.6 Å². The van der Waals surface area contributed by atoms with Gasteiger partial charge in [-0.1, -0.05) is 12.1 Å². The Bertz CT molecular complexity index is 659. The molecule has 0 aliphatic carbocycles. The molecule has 0 amide bonds. The summed E-state index contributed by atoms with van der Waals surface area (Å²) < 4.78 is 18.8. The molecule has 0 unspecified atom stereocenters. The summed E-state index contributed by atoms with van der Waals surface area (Å²) in [6.45, 7) is 1.90. The zero-order valence-corrected chi connectivity index (χ0v) is 11.5. The van der Waals surface area contributed by atoms with Gasteiger partial charge in [0.15, 0.2) is 0 Å². The van der Waals surface area contributed by atoms with Crippen LogP contribution in [0.1, 0.15) is 24.1 Å². The SMILES string of the molecule is C[C@H](N)c1cccc(OCc2cc(F)cc([N+](=O)[O-])c2)c1. The van der Waals surface area contributed by atoms with Crippen molar-refractivity contribution in [1.82, 2.24) is 0 Å². The smallest absolute Gasteiger partial charge is 0.272 e. The molecule has 0 fully saturated rings. The van der Waals surface area contributed by atoms with Crippen molar-refractivity contribution in [3.8, 4) is 5.75 Å². The summed E-state index contributed by atoms with van der Waals surface area (Å²) in [5.41, 5.74) is 6.80. The Hall–Kier alpha value is -2.47. The Labute approximate surface area is 121 Å². The van der Waals surface area contributed by atoms with E-state index in [-0.39, 0.29) is 18.3 Å². The number of ether oxygens (including phenoxy) is 1. The number of hydrogen-bond acceptors (Lipinski definition) is 4. The molecule has 2 aromatic carbocycles. The first-order chi connectivity index (χ1) is 9.95. The number of nitro groups is 1. The normalized spacial score (nSPS) is 12.0. The van der Waals surface area contributed by atoms with Crippen LogP contribution in [0.2, 0.25) is 0 Å². The number of nitro benzene ring substituents is 1. The second kappa shape index (κ2) is 6.32. The Kier molecular flexibility index (Phi) is 4.49. The summed E-state index contributed by atoms with van der Waals surface area (Å²) in [5, 5.41) is 10.7. The average Bonchev–Trinajstić information content (AvgIpc) is 2.45. The molecule has 1 atom stereocenters. The minimum Gasteiger partial charge on any atom is -0.489 e. The fourth-order valence-corrected chi connectivity index (χ4v) is 1.88. The molecule has 21 heavy (non-hydrogen) atoms. The van der Waals surface area contributed by atoms with Crippen molar-refractivity contribution in [1.29, 1.82) is 0 Å². The number of rotatable bonds is 5. The zero-order valence-electron chi connectivity index (χ0n) is 11.5. The van der Waals surface area contributed by atoms with Gasteiger partial charge in [-0.3, -0.25) is 10.1 Å². The van der Waals surface area contributed by atoms with Gasteiger partial charge in [0.1, 0.15) is 18.2 Å². The van der Waals surface area contributed by atoms with Gasteiger partial charge in [-0.25, -0.2) is 4.39 Å². The van der Waals surface area contributed by atoms with Crippen LogP contribution in [0.15, 0.2) is 42.5 Å². The van der Waals surface area contributed by atoms with Crippen LogP contribution < -0.4 is 10.5 Å². The van der Waals surface area contributed by atoms with Crippen LogP contribution in [0.4, 0.5) is 10.1 Å². The van der Waals surface area contributed by atoms with Crippen LogP contribution in [0, 0.1) is 15.9 Å². The Morgan fingerprint density at radius 1 is 1.33 bits per heavy atom. The Balaban J connectivity index is 2.13. The second-order valence-electron chi connectivity index (χ2n) is 4.72. The monoisotopic (exact) mass is 290 g/mol. The summed E-state index contributed by atoms with van der Waals surface area (Å²) in [7, 11) is 0. The molecule has 0 heterocycles. The van der Waals surface area contributed by atoms with Gasteiger partial charge >= 0.3 is 0 Å². The van der Waals surface area contributed by atoms with E-state index in [2.05, 4.69) is 0 Å². The molecular formula is C15H15FN2O3. The number of halogens is 1. The summed E-state index contributed by atoms with van der Waals surface area (Å²) in [4.78, 5) is 10.0. The van der Waals surface area contributed by atoms with E-state index in [9.17, 15) is 14.5 Å². The highest BCUT2D eigenvalue weighted by Crippen LogP contribution is 2.21. The lowest BCUT2D eigenvalue weighted by atomic mass is 10.1. The first-order valence-electron chi connectivity index (χ1n) is 6.38. The maximum Gasteiger partial charge on any atom is 0.272 e. The van der Waals surface area contributed by atoms with Crippen molar-refractivity contribution in [2.75, 3.05) is 0 Å². The van der Waals surface area contributed by atoms with Crippen molar-refractivity contribution >= 4 is 5.69 Å². The van der Waals surface area contributed by atoms with Crippen molar-refractivity contribution in [3.63, 3.8) is 0 Å². The van der Waals surface area contributed by atoms with E-state index in [1.54, 1.807) is 12.1 Å². The average molecular weight is 290 g/mol. The van der Waals surface area contributed by atoms with E-state index in [1.807, 2.05) is 19.1 Å². The van der Waals surface area contributed by atoms with Gasteiger partial charge in [-0.2, -0.15) is 0 Å². The van der Waals surface area contributed by atoms with Crippen LogP contribution in [0.5, 0.6) is 5.75 Å². The van der Waals surface area contributed by atoms with E-state index in [0.717, 1.165) is 11.6 Å². The Morgan fingerprint density at radius 2 is 2.10 bits per heavy atom. The molecule has 5 nitrogen and oxygen atoms in total. The lowest BCUT2D eigenvalue weighted by Crippen LogP contribution is -2.05. The van der Waals surface area contributed by atoms with Gasteiger partial charge in [0.05, 0.1) is 11.0 Å². The van der Waals surface area contributed by atoms with E-state index in [4.69, 9.17) is 10.5 Å². The molecule has 6 heteroatoms. The van der Waals surface area contributed by atoms with Gasteiger partial charge in [-0.05, 0) is 36.2 Å². The molecule has 2 rings (SSSR count). The molecule has 0 bridgehead atoms. The zero-order chi connectivity index (χ0) is 15.4. The third-order valence-electron chi connectivity index (χ3n) is 2.94. The minimum atomic E-state index is -0.660. The molecular weight excluding hydrogens is 275 g/mol. The third-order valence-corrected chi connectivity index (χ3v) is 2.94. The standard InChI is InChI=1S/C15H15FN2O3/c1-10(17)12-3-2-4-15(7-12)21-9-11-5-13(16)8-14(6-11)18(19)20/h2-8,10H,9,17H2,1H3/t10-/m0/s1. The highest BCUT2D eigenvalue weighted by Gasteiger charge is 2.10. The van der Waals surface area contributed by atoms with Gasteiger partial charge < -0.3 is 10.5 Å². The molecule has 2 N–H and O–H groups in total. The number of nitrogens with zero attached hydrogens (tertiary/aromatic N) is 1. The maximum atomic E-state index is 13.3. The van der Waals surface area contributed by atoms with Crippen LogP contribution in [-0.4, -0.2) is 4.92 Å². The summed E-state index contributed by atoms with van der Waals surface area (Å²) in [6, 6.07) is 10.5. The fraction of sp³-hybridized carbons (Fsp3) is 0.200. The summed E-state index contributed by atoms with van der Waals surface area (Å²) >= 11 is 0. The third kappa shape index (κ3) is 4.00. The van der Waals surface area contributed by atoms with E-state index in [1.165, 1.54) is 12.1 Å². The van der Waals surface area contributed by atoms with Crippen LogP contribution >= 0.6 is 0 Å². The Morgan fingerprint density at radius 3 is 2.76 bits per heavy atom. The van der Waals surface area contributed by atoms with Crippen LogP contribution in [0.3, 0.4) is 0 Å². The van der Waals surface area contributed by atoms with Crippen molar-refractivity contribution < 1.29 is 14.1 Å². The van der Waals surface area contributed by atoms with E-state index >= 15 is 0 Å². The predicted molar refractivity (Wildman–Crippen MR) is 76.4 cm³/mol. The van der Waals surface area contributed by atoms with E-state index in [0.29, 0.717) is 11.3 Å². The number of hydrogen-bond donors (Lipinski definition) is 1. The lowest BCUT2D eigenvalue weighted by Gasteiger charge is -2.10. The number of non-ortho nitro benzene ring substituents is 1. The summed E-state index contributed by atoms with van der Waals surface area (Å²) in [6.07, 6.45) is 0. The molecule has 0 saturated carbocycles. The topological polar surface area (TPSA) is 78.4 Å². The van der Waals surface area contributed by atoms with Crippen molar-refractivity contribution in [2.24, 2.45) is 5.73 Å². The van der Waals surface area contributed by atoms with Gasteiger partial charge in [0.2, 0.25) is 0 Å². The molecule has 110 valence electrons. The fourth-order valence-electron chi connectivity index (χ4n) is 1.88. The van der Waals surface area contributed by atoms with Crippen LogP contribution in [0.25, 0.3) is 0 Å². The largest absolute Gasteiger partial charge is 0.489 e. The van der Waals surface area contributed by atoms with Crippen molar-refractivity contribution in [3.05, 3.63) is 69.5 Å². The first-order valence-corrected chi connectivity index (χ1v) is 6.38. The molecule has 0 spiro atoms. The van der Waals surface area contributed by atoms with Gasteiger partial charge in [0, 0.05) is 12.1 Å². The molecule has 0 aliphatic heterocycles. The highest BCUT2D eigenvalue weighted by molar-refractivity contribution is 5.35. The predicted octanol–water partition coefficient (Wildman–Crippen LogP) is 3.33. The number of benzene rings is 2. The highest BCUT2D eigenvalue weighted by atomic mass is 19.1. The lowest BCUT2D eigenvalue weighted by molar-refractivity contribution is -0.385. The van der Waals surface area contributed by atoms with Gasteiger partial charge in [-0.15, -0.1) is 0 Å². The minimum absolute atomic E-state index is 0.0427. The molecule has 0 radical (unpaired) electrons. The van der Waals surface area contributed by atoms with Gasteiger partial charge in [0.25, 0.3) is 5.69 Å². The van der Waals surface area contributed by atoms with Crippen LogP contribution in [-0.2, 0) is 6.61 Å². The first kappa shape index (κ1) is 14.9. The second-order valence-corrected chi connectivity index (χ2v) is 4.72. The molecule has 2 aromatic rings. The summed E-state index contributed by atoms with van der Waals surface area (Å²) in [5.74, 6) is -0.0798. The number of nitrogens with two attached hydrogens (primary N) is 1.